The topological polar surface area (TPSA) is 71.2 Å². The first-order chi connectivity index (χ1) is 8.09. The predicted molar refractivity (Wildman–Crippen MR) is 67.9 cm³/mol. The number of amides is 1. The molecule has 0 saturated heterocycles. The van der Waals surface area contributed by atoms with Crippen LogP contribution < -0.4 is 16.0 Å². The molecule has 1 fully saturated rings. The number of nitrogens with two attached hydrogens (primary N) is 1. The lowest BCUT2D eigenvalue weighted by molar-refractivity contribution is -0.120. The van der Waals surface area contributed by atoms with Gasteiger partial charge in [0, 0.05) is 26.8 Å². The van der Waals surface area contributed by atoms with Crippen LogP contribution in [0.5, 0.6) is 0 Å². The molecule has 0 aromatic carbocycles. The van der Waals surface area contributed by atoms with E-state index in [1.54, 1.807) is 12.4 Å². The third kappa shape index (κ3) is 2.24. The van der Waals surface area contributed by atoms with Crippen molar-refractivity contribution in [3.63, 3.8) is 0 Å². The monoisotopic (exact) mass is 234 g/mol. The van der Waals surface area contributed by atoms with E-state index in [1.165, 1.54) is 0 Å². The Morgan fingerprint density at radius 3 is 2.82 bits per heavy atom. The number of pyridine rings is 1. The number of anilines is 2. The number of rotatable bonds is 4. The lowest BCUT2D eigenvalue weighted by Gasteiger charge is -2.19. The van der Waals surface area contributed by atoms with Crippen molar-refractivity contribution >= 4 is 17.3 Å². The van der Waals surface area contributed by atoms with Crippen molar-refractivity contribution in [1.82, 2.24) is 4.98 Å². The van der Waals surface area contributed by atoms with Gasteiger partial charge in [0.1, 0.15) is 0 Å². The summed E-state index contributed by atoms with van der Waals surface area (Å²) in [5.74, 6) is 0.0103. The van der Waals surface area contributed by atoms with Crippen molar-refractivity contribution < 1.29 is 4.79 Å². The Bertz CT molecular complexity index is 426. The minimum Gasteiger partial charge on any atom is -0.376 e. The number of carbonyl (C=O) groups is 1. The number of nitrogens with one attached hydrogen (secondary N) is 1. The van der Waals surface area contributed by atoms with Gasteiger partial charge in [-0.1, -0.05) is 0 Å². The summed E-state index contributed by atoms with van der Waals surface area (Å²) in [5.41, 5.74) is 6.98. The molecule has 0 aliphatic heterocycles. The molecule has 5 nitrogen and oxygen atoms in total. The van der Waals surface area contributed by atoms with Crippen molar-refractivity contribution in [2.45, 2.75) is 12.8 Å². The van der Waals surface area contributed by atoms with Gasteiger partial charge < -0.3 is 16.0 Å². The lowest BCUT2D eigenvalue weighted by atomic mass is 10.1. The van der Waals surface area contributed by atoms with Crippen LogP contribution in [-0.2, 0) is 4.79 Å². The van der Waals surface area contributed by atoms with E-state index in [2.05, 4.69) is 10.3 Å². The molecule has 1 aromatic heterocycles. The van der Waals surface area contributed by atoms with Crippen LogP contribution in [0.15, 0.2) is 18.5 Å². The van der Waals surface area contributed by atoms with E-state index in [1.807, 2.05) is 25.1 Å². The zero-order chi connectivity index (χ0) is 12.5. The fourth-order valence-electron chi connectivity index (χ4n) is 1.80. The molecule has 92 valence electrons. The molecule has 1 heterocycles. The summed E-state index contributed by atoms with van der Waals surface area (Å²) in [6.45, 7) is 0.413. The Hall–Kier alpha value is -1.62. The second kappa shape index (κ2) is 4.33. The van der Waals surface area contributed by atoms with Crippen LogP contribution in [0, 0.1) is 5.41 Å². The van der Waals surface area contributed by atoms with Crippen molar-refractivity contribution in [3.05, 3.63) is 18.5 Å². The minimum absolute atomic E-state index is 0.0103. The van der Waals surface area contributed by atoms with E-state index in [4.69, 9.17) is 5.73 Å². The van der Waals surface area contributed by atoms with Gasteiger partial charge in [-0.2, -0.15) is 0 Å². The predicted octanol–water partition coefficient (Wildman–Crippen LogP) is 0.825. The van der Waals surface area contributed by atoms with Gasteiger partial charge in [0.05, 0.1) is 23.0 Å². The molecule has 17 heavy (non-hydrogen) atoms. The van der Waals surface area contributed by atoms with Gasteiger partial charge >= 0.3 is 0 Å². The van der Waals surface area contributed by atoms with Crippen LogP contribution >= 0.6 is 0 Å². The molecule has 1 aliphatic carbocycles. The largest absolute Gasteiger partial charge is 0.376 e. The standard InChI is InChI=1S/C12H18N4O/c1-16(2)10-3-6-14-7-9(10)15-11(17)12(8-13)4-5-12/h3,6-7H,4-5,8,13H2,1-2H3,(H,15,17). The van der Waals surface area contributed by atoms with E-state index >= 15 is 0 Å². The van der Waals surface area contributed by atoms with Crippen LogP contribution in [0.3, 0.4) is 0 Å². The maximum atomic E-state index is 12.1. The van der Waals surface area contributed by atoms with Gasteiger partial charge in [0.2, 0.25) is 5.91 Å². The van der Waals surface area contributed by atoms with Gasteiger partial charge in [0.15, 0.2) is 0 Å². The summed E-state index contributed by atoms with van der Waals surface area (Å²) >= 11 is 0. The molecule has 3 N–H and O–H groups in total. The molecule has 0 radical (unpaired) electrons. The second-order valence-corrected chi connectivity index (χ2v) is 4.73. The van der Waals surface area contributed by atoms with Crippen LogP contribution in [0.1, 0.15) is 12.8 Å². The highest BCUT2D eigenvalue weighted by molar-refractivity contribution is 5.99. The molecule has 0 bridgehead atoms. The molecule has 1 aromatic rings. The van der Waals surface area contributed by atoms with Crippen molar-refractivity contribution in [2.24, 2.45) is 11.1 Å². The Morgan fingerprint density at radius 1 is 1.59 bits per heavy atom. The first-order valence-electron chi connectivity index (χ1n) is 5.72. The Morgan fingerprint density at radius 2 is 2.29 bits per heavy atom. The van der Waals surface area contributed by atoms with Crippen molar-refractivity contribution in [1.29, 1.82) is 0 Å². The summed E-state index contributed by atoms with van der Waals surface area (Å²) < 4.78 is 0. The average Bonchev–Trinajstić information content (AvgIpc) is 3.10. The summed E-state index contributed by atoms with van der Waals surface area (Å²) in [6, 6.07) is 1.87. The van der Waals surface area contributed by atoms with Gasteiger partial charge in [-0.3, -0.25) is 9.78 Å². The molecule has 0 atom stereocenters. The lowest BCUT2D eigenvalue weighted by Crippen LogP contribution is -2.31. The normalized spacial score (nSPS) is 16.4. The van der Waals surface area contributed by atoms with Crippen LogP contribution in [0.25, 0.3) is 0 Å². The third-order valence-electron chi connectivity index (χ3n) is 3.25. The smallest absolute Gasteiger partial charge is 0.231 e. The van der Waals surface area contributed by atoms with E-state index in [0.29, 0.717) is 6.54 Å². The fraction of sp³-hybridized carbons (Fsp3) is 0.500. The number of hydrogen-bond donors (Lipinski definition) is 2. The molecule has 0 spiro atoms. The van der Waals surface area contributed by atoms with Crippen molar-refractivity contribution in [3.8, 4) is 0 Å². The minimum atomic E-state index is -0.334. The Labute approximate surface area is 101 Å². The zero-order valence-electron chi connectivity index (χ0n) is 10.2. The number of carbonyl (C=O) groups excluding carboxylic acids is 1. The van der Waals surface area contributed by atoms with E-state index < -0.39 is 0 Å². The van der Waals surface area contributed by atoms with Crippen molar-refractivity contribution in [2.75, 3.05) is 30.9 Å². The van der Waals surface area contributed by atoms with E-state index in [-0.39, 0.29) is 11.3 Å². The first-order valence-corrected chi connectivity index (χ1v) is 5.72. The molecule has 1 saturated carbocycles. The molecular formula is C12H18N4O. The van der Waals surface area contributed by atoms with Gasteiger partial charge in [0.25, 0.3) is 0 Å². The molecule has 1 aliphatic rings. The zero-order valence-corrected chi connectivity index (χ0v) is 10.2. The van der Waals surface area contributed by atoms with Crippen LogP contribution in [-0.4, -0.2) is 31.5 Å². The molecule has 5 heteroatoms. The molecule has 0 unspecified atom stereocenters. The summed E-state index contributed by atoms with van der Waals surface area (Å²) in [7, 11) is 3.86. The highest BCUT2D eigenvalue weighted by Gasteiger charge is 2.48. The average molecular weight is 234 g/mol. The number of hydrogen-bond acceptors (Lipinski definition) is 4. The fourth-order valence-corrected chi connectivity index (χ4v) is 1.80. The molecule has 2 rings (SSSR count). The molecule has 1 amide bonds. The first kappa shape index (κ1) is 11.9. The van der Waals surface area contributed by atoms with Gasteiger partial charge in [-0.25, -0.2) is 0 Å². The highest BCUT2D eigenvalue weighted by Crippen LogP contribution is 2.45. The van der Waals surface area contributed by atoms with E-state index in [0.717, 1.165) is 24.2 Å². The maximum absolute atomic E-state index is 12.1. The summed E-state index contributed by atoms with van der Waals surface area (Å²) in [5, 5.41) is 2.92. The van der Waals surface area contributed by atoms with Crippen LogP contribution in [0.2, 0.25) is 0 Å². The highest BCUT2D eigenvalue weighted by atomic mass is 16.2. The SMILES string of the molecule is CN(C)c1ccncc1NC(=O)C1(CN)CC1. The summed E-state index contributed by atoms with van der Waals surface area (Å²) in [4.78, 5) is 18.0. The maximum Gasteiger partial charge on any atom is 0.231 e. The third-order valence-corrected chi connectivity index (χ3v) is 3.25. The number of nitrogens with zero attached hydrogens (tertiary/aromatic N) is 2. The van der Waals surface area contributed by atoms with Gasteiger partial charge in [-0.15, -0.1) is 0 Å². The number of aromatic nitrogens is 1. The Balaban J connectivity index is 2.16. The van der Waals surface area contributed by atoms with Crippen LogP contribution in [0.4, 0.5) is 11.4 Å². The van der Waals surface area contributed by atoms with E-state index in [9.17, 15) is 4.79 Å². The molecular weight excluding hydrogens is 216 g/mol. The Kier molecular flexibility index (Phi) is 3.02. The summed E-state index contributed by atoms with van der Waals surface area (Å²) in [6.07, 6.45) is 5.14. The van der Waals surface area contributed by atoms with Gasteiger partial charge in [-0.05, 0) is 18.9 Å². The quantitative estimate of drug-likeness (QED) is 0.809. The second-order valence-electron chi connectivity index (χ2n) is 4.73.